The van der Waals surface area contributed by atoms with Gasteiger partial charge in [0.25, 0.3) is 0 Å². The molecule has 1 aromatic carbocycles. The molecule has 1 rings (SSSR count). The molecule has 0 fully saturated rings. The fourth-order valence-electron chi connectivity index (χ4n) is 2.31. The van der Waals surface area contributed by atoms with Crippen LogP contribution < -0.4 is 0 Å². The summed E-state index contributed by atoms with van der Waals surface area (Å²) in [4.78, 5) is 0. The molecule has 0 aliphatic heterocycles. The number of aliphatic hydroxyl groups excluding tert-OH is 1. The maximum absolute atomic E-state index is 8.96. The molecule has 0 aliphatic rings. The van der Waals surface area contributed by atoms with E-state index in [0.29, 0.717) is 13.2 Å². The molecule has 1 N–H and O–H groups in total. The first-order valence-corrected chi connectivity index (χ1v) is 8.81. The van der Waals surface area contributed by atoms with E-state index in [1.165, 1.54) is 16.7 Å². The minimum Gasteiger partial charge on any atom is -0.392 e. The molecule has 24 heavy (non-hydrogen) atoms. The maximum atomic E-state index is 8.96. The SMILES string of the molecule is C/C(=C/CC/C(C)=C\CC/C(C)=C\COCc1ccccc1)CO. The van der Waals surface area contributed by atoms with Crippen molar-refractivity contribution in [2.75, 3.05) is 13.2 Å². The minimum atomic E-state index is 0.166. The lowest BCUT2D eigenvalue weighted by molar-refractivity contribution is 0.148. The number of aliphatic hydroxyl groups is 1. The number of hydrogen-bond donors (Lipinski definition) is 1. The minimum absolute atomic E-state index is 0.166. The van der Waals surface area contributed by atoms with Gasteiger partial charge >= 0.3 is 0 Å². The molecule has 0 atom stereocenters. The second kappa shape index (κ2) is 12.7. The van der Waals surface area contributed by atoms with Crippen LogP contribution in [-0.4, -0.2) is 18.3 Å². The van der Waals surface area contributed by atoms with E-state index in [1.807, 2.05) is 25.1 Å². The quantitative estimate of drug-likeness (QED) is 0.423. The summed E-state index contributed by atoms with van der Waals surface area (Å²) >= 11 is 0. The van der Waals surface area contributed by atoms with Crippen molar-refractivity contribution in [3.8, 4) is 0 Å². The Balaban J connectivity index is 2.17. The zero-order chi connectivity index (χ0) is 17.6. The van der Waals surface area contributed by atoms with E-state index in [9.17, 15) is 0 Å². The third kappa shape index (κ3) is 10.2. The van der Waals surface area contributed by atoms with Crippen LogP contribution in [0.15, 0.2) is 65.3 Å². The number of allylic oxidation sites excluding steroid dienone is 4. The summed E-state index contributed by atoms with van der Waals surface area (Å²) in [6, 6.07) is 10.3. The van der Waals surface area contributed by atoms with Crippen LogP contribution in [0.3, 0.4) is 0 Å². The van der Waals surface area contributed by atoms with Crippen LogP contribution in [-0.2, 0) is 11.3 Å². The van der Waals surface area contributed by atoms with E-state index in [-0.39, 0.29) is 6.61 Å². The Morgan fingerprint density at radius 2 is 1.46 bits per heavy atom. The van der Waals surface area contributed by atoms with Gasteiger partial charge in [0.05, 0.1) is 19.8 Å². The third-order valence-corrected chi connectivity index (χ3v) is 3.97. The van der Waals surface area contributed by atoms with Gasteiger partial charge in [0, 0.05) is 0 Å². The summed E-state index contributed by atoms with van der Waals surface area (Å²) in [6.07, 6.45) is 10.9. The van der Waals surface area contributed by atoms with Gasteiger partial charge in [-0.1, -0.05) is 65.3 Å². The Morgan fingerprint density at radius 1 is 0.875 bits per heavy atom. The van der Waals surface area contributed by atoms with Crippen molar-refractivity contribution in [3.63, 3.8) is 0 Å². The molecule has 2 nitrogen and oxygen atoms in total. The van der Waals surface area contributed by atoms with Gasteiger partial charge in [-0.15, -0.1) is 0 Å². The molecule has 0 heterocycles. The van der Waals surface area contributed by atoms with Crippen molar-refractivity contribution in [1.29, 1.82) is 0 Å². The van der Waals surface area contributed by atoms with Crippen LogP contribution in [0.1, 0.15) is 52.0 Å². The summed E-state index contributed by atoms with van der Waals surface area (Å²) in [6.45, 7) is 7.83. The van der Waals surface area contributed by atoms with Gasteiger partial charge in [0.2, 0.25) is 0 Å². The molecule has 0 saturated heterocycles. The molecular formula is C22H32O2. The second-order valence-corrected chi connectivity index (χ2v) is 6.39. The van der Waals surface area contributed by atoms with Crippen LogP contribution in [0, 0.1) is 0 Å². The van der Waals surface area contributed by atoms with E-state index < -0.39 is 0 Å². The number of rotatable bonds is 11. The van der Waals surface area contributed by atoms with Gasteiger partial charge < -0.3 is 9.84 Å². The van der Waals surface area contributed by atoms with Crippen molar-refractivity contribution in [2.24, 2.45) is 0 Å². The lowest BCUT2D eigenvalue weighted by Crippen LogP contribution is -1.93. The van der Waals surface area contributed by atoms with E-state index in [4.69, 9.17) is 9.84 Å². The molecule has 0 aliphatic carbocycles. The smallest absolute Gasteiger partial charge is 0.0721 e. The van der Waals surface area contributed by atoms with Crippen molar-refractivity contribution in [3.05, 3.63) is 70.8 Å². The largest absolute Gasteiger partial charge is 0.392 e. The van der Waals surface area contributed by atoms with Crippen molar-refractivity contribution < 1.29 is 9.84 Å². The summed E-state index contributed by atoms with van der Waals surface area (Å²) in [5.74, 6) is 0. The lowest BCUT2D eigenvalue weighted by Gasteiger charge is -2.04. The zero-order valence-corrected chi connectivity index (χ0v) is 15.4. The summed E-state index contributed by atoms with van der Waals surface area (Å²) < 4.78 is 5.69. The summed E-state index contributed by atoms with van der Waals surface area (Å²) in [5.41, 5.74) is 5.07. The Bertz CT molecular complexity index is 538. The average Bonchev–Trinajstić information content (AvgIpc) is 2.59. The molecule has 2 heteroatoms. The molecule has 0 amide bonds. The monoisotopic (exact) mass is 328 g/mol. The molecule has 0 radical (unpaired) electrons. The normalized spacial score (nSPS) is 13.4. The highest BCUT2D eigenvalue weighted by atomic mass is 16.5. The Kier molecular flexibility index (Phi) is 10.8. The van der Waals surface area contributed by atoms with E-state index in [2.05, 4.69) is 44.2 Å². The topological polar surface area (TPSA) is 29.5 Å². The third-order valence-electron chi connectivity index (χ3n) is 3.97. The second-order valence-electron chi connectivity index (χ2n) is 6.39. The van der Waals surface area contributed by atoms with Crippen LogP contribution >= 0.6 is 0 Å². The molecular weight excluding hydrogens is 296 g/mol. The van der Waals surface area contributed by atoms with Crippen molar-refractivity contribution in [2.45, 2.75) is 53.1 Å². The van der Waals surface area contributed by atoms with E-state index in [1.54, 1.807) is 0 Å². The fraction of sp³-hybridized carbons (Fsp3) is 0.455. The Labute approximate surface area is 147 Å². The predicted molar refractivity (Wildman–Crippen MR) is 103 cm³/mol. The first-order valence-electron chi connectivity index (χ1n) is 8.81. The van der Waals surface area contributed by atoms with Gasteiger partial charge in [-0.2, -0.15) is 0 Å². The molecule has 1 aromatic rings. The zero-order valence-electron chi connectivity index (χ0n) is 15.4. The standard InChI is InChI=1S/C22H32O2/c1-19(10-8-12-21(3)17-23)9-7-11-20(2)15-16-24-18-22-13-5-4-6-14-22/h4-6,9,12-15,23H,7-8,10-11,16-18H2,1-3H3/b19-9-,20-15-,21-12-. The summed E-state index contributed by atoms with van der Waals surface area (Å²) in [7, 11) is 0. The van der Waals surface area contributed by atoms with Crippen LogP contribution in [0.4, 0.5) is 0 Å². The van der Waals surface area contributed by atoms with Crippen LogP contribution in [0.5, 0.6) is 0 Å². The highest BCUT2D eigenvalue weighted by Gasteiger charge is 1.94. The van der Waals surface area contributed by atoms with Crippen molar-refractivity contribution in [1.82, 2.24) is 0 Å². The lowest BCUT2D eigenvalue weighted by atomic mass is 10.1. The van der Waals surface area contributed by atoms with Crippen LogP contribution in [0.25, 0.3) is 0 Å². The predicted octanol–water partition coefficient (Wildman–Crippen LogP) is 5.59. The fourth-order valence-corrected chi connectivity index (χ4v) is 2.31. The molecule has 132 valence electrons. The van der Waals surface area contributed by atoms with E-state index in [0.717, 1.165) is 31.3 Å². The number of benzene rings is 1. The first-order chi connectivity index (χ1) is 11.6. The number of ether oxygens (including phenoxy) is 1. The van der Waals surface area contributed by atoms with Gasteiger partial charge in [0.15, 0.2) is 0 Å². The molecule has 0 bridgehead atoms. The van der Waals surface area contributed by atoms with Gasteiger partial charge in [0.1, 0.15) is 0 Å². The highest BCUT2D eigenvalue weighted by molar-refractivity contribution is 5.13. The van der Waals surface area contributed by atoms with E-state index >= 15 is 0 Å². The maximum Gasteiger partial charge on any atom is 0.0721 e. The average molecular weight is 328 g/mol. The molecule has 0 unspecified atom stereocenters. The molecule has 0 spiro atoms. The van der Waals surface area contributed by atoms with Crippen molar-refractivity contribution >= 4 is 0 Å². The van der Waals surface area contributed by atoms with Gasteiger partial charge in [-0.3, -0.25) is 0 Å². The summed E-state index contributed by atoms with van der Waals surface area (Å²) in [5, 5.41) is 8.96. The van der Waals surface area contributed by atoms with Gasteiger partial charge in [-0.05, 0) is 52.0 Å². The Hall–Kier alpha value is -1.64. The first kappa shape index (κ1) is 20.4. The number of hydrogen-bond acceptors (Lipinski definition) is 2. The molecule has 0 aromatic heterocycles. The Morgan fingerprint density at radius 3 is 2.08 bits per heavy atom. The highest BCUT2D eigenvalue weighted by Crippen LogP contribution is 2.11. The van der Waals surface area contributed by atoms with Crippen LogP contribution in [0.2, 0.25) is 0 Å². The molecule has 0 saturated carbocycles. The van der Waals surface area contributed by atoms with Gasteiger partial charge in [-0.25, -0.2) is 0 Å².